The molecule has 19 heavy (non-hydrogen) atoms. The number of imidazole rings is 1. The van der Waals surface area contributed by atoms with E-state index in [-0.39, 0.29) is 17.3 Å². The van der Waals surface area contributed by atoms with Gasteiger partial charge in [-0.15, -0.1) is 4.91 Å². The van der Waals surface area contributed by atoms with Crippen LogP contribution in [0.4, 0.5) is 5.82 Å². The van der Waals surface area contributed by atoms with E-state index < -0.39 is 0 Å². The number of fused-ring (bicyclic) bond motifs is 1. The average molecular weight is 256 g/mol. The van der Waals surface area contributed by atoms with E-state index in [9.17, 15) is 15.1 Å². The minimum atomic E-state index is -0.292. The molecular weight excluding hydrogens is 248 g/mol. The summed E-state index contributed by atoms with van der Waals surface area (Å²) in [5.41, 5.74) is 0.763. The van der Waals surface area contributed by atoms with Crippen LogP contribution in [0.2, 0.25) is 0 Å². The van der Waals surface area contributed by atoms with Gasteiger partial charge in [0.05, 0.1) is 0 Å². The summed E-state index contributed by atoms with van der Waals surface area (Å²) in [4.78, 5) is 19.2. The van der Waals surface area contributed by atoms with Gasteiger partial charge in [0.15, 0.2) is 11.5 Å². The van der Waals surface area contributed by atoms with Gasteiger partial charge in [0, 0.05) is 18.0 Å². The molecule has 0 aliphatic rings. The number of rotatable bonds is 2. The van der Waals surface area contributed by atoms with Gasteiger partial charge in [-0.2, -0.15) is 0 Å². The predicted octanol–water partition coefficient (Wildman–Crippen LogP) is 2.21. The van der Waals surface area contributed by atoms with E-state index in [2.05, 4.69) is 15.1 Å². The van der Waals surface area contributed by atoms with E-state index >= 15 is 0 Å². The Hall–Kier alpha value is -2.96. The summed E-state index contributed by atoms with van der Waals surface area (Å²) in [6.45, 7) is 0. The molecule has 7 nitrogen and oxygen atoms in total. The summed E-state index contributed by atoms with van der Waals surface area (Å²) in [6, 6.07) is 5.81. The van der Waals surface area contributed by atoms with Crippen molar-refractivity contribution >= 4 is 11.6 Å². The normalized spacial score (nSPS) is 10.7. The molecule has 0 saturated carbocycles. The number of phenolic OH excluding ortho intramolecular Hbond substituents is 2. The first-order valence-electron chi connectivity index (χ1n) is 5.39. The Bertz CT molecular complexity index is 782. The van der Waals surface area contributed by atoms with E-state index in [0.717, 1.165) is 0 Å². The van der Waals surface area contributed by atoms with Gasteiger partial charge >= 0.3 is 0 Å². The summed E-state index contributed by atoms with van der Waals surface area (Å²) in [6.07, 6.45) is 3.17. The van der Waals surface area contributed by atoms with Crippen LogP contribution in [0.15, 0.2) is 41.8 Å². The summed E-state index contributed by atoms with van der Waals surface area (Å²) in [7, 11) is 0. The topological polar surface area (TPSA) is 100 Å². The van der Waals surface area contributed by atoms with Crippen LogP contribution in [0.3, 0.4) is 0 Å². The van der Waals surface area contributed by atoms with E-state index in [1.165, 1.54) is 22.6 Å². The molecule has 2 heterocycles. The van der Waals surface area contributed by atoms with Crippen LogP contribution in [0.25, 0.3) is 17.0 Å². The molecule has 0 bridgehead atoms. The first-order valence-corrected chi connectivity index (χ1v) is 5.39. The molecule has 0 saturated heterocycles. The number of aromatic nitrogens is 3. The van der Waals surface area contributed by atoms with Crippen molar-refractivity contribution in [2.75, 3.05) is 0 Å². The van der Waals surface area contributed by atoms with E-state index in [1.54, 1.807) is 18.5 Å². The molecule has 94 valence electrons. The van der Waals surface area contributed by atoms with Crippen molar-refractivity contribution in [3.63, 3.8) is 0 Å². The van der Waals surface area contributed by atoms with Gasteiger partial charge < -0.3 is 10.2 Å². The number of aromatic hydroxyl groups is 2. The van der Waals surface area contributed by atoms with Crippen molar-refractivity contribution in [1.29, 1.82) is 0 Å². The largest absolute Gasteiger partial charge is 0.504 e. The molecule has 0 radical (unpaired) electrons. The maximum Gasteiger partial charge on any atom is 0.236 e. The second kappa shape index (κ2) is 4.05. The lowest BCUT2D eigenvalue weighted by Crippen LogP contribution is -1.84. The van der Waals surface area contributed by atoms with Crippen molar-refractivity contribution in [2.24, 2.45) is 5.18 Å². The number of hydrogen-bond donors (Lipinski definition) is 2. The first-order chi connectivity index (χ1) is 9.20. The Morgan fingerprint density at radius 2 is 2.05 bits per heavy atom. The van der Waals surface area contributed by atoms with Gasteiger partial charge in [-0.1, -0.05) is 0 Å². The monoisotopic (exact) mass is 256 g/mol. The predicted molar refractivity (Wildman–Crippen MR) is 67.2 cm³/mol. The van der Waals surface area contributed by atoms with Gasteiger partial charge in [-0.3, -0.25) is 4.40 Å². The fraction of sp³-hybridized carbons (Fsp3) is 0. The smallest absolute Gasteiger partial charge is 0.236 e. The van der Waals surface area contributed by atoms with Crippen molar-refractivity contribution in [3.05, 3.63) is 41.6 Å². The van der Waals surface area contributed by atoms with Crippen LogP contribution in [-0.4, -0.2) is 24.6 Å². The Kier molecular flexibility index (Phi) is 2.38. The fourth-order valence-electron chi connectivity index (χ4n) is 1.83. The standard InChI is InChI=1S/C12H8N4O3/c17-8-3-2-7(6-9(8)18)10-11(15-19)16-5-1-4-13-12(16)14-10/h1-6,17-18H. The number of phenols is 2. The Balaban J connectivity index is 2.29. The zero-order valence-corrected chi connectivity index (χ0v) is 9.56. The molecule has 3 rings (SSSR count). The Labute approximate surface area is 106 Å². The van der Waals surface area contributed by atoms with E-state index in [0.29, 0.717) is 17.0 Å². The molecule has 2 aromatic heterocycles. The van der Waals surface area contributed by atoms with Gasteiger partial charge in [-0.05, 0) is 29.4 Å². The summed E-state index contributed by atoms with van der Waals surface area (Å²) >= 11 is 0. The molecule has 0 amide bonds. The lowest BCUT2D eigenvalue weighted by atomic mass is 10.1. The number of hydrogen-bond acceptors (Lipinski definition) is 6. The zero-order chi connectivity index (χ0) is 13.4. The molecular formula is C12H8N4O3. The maximum atomic E-state index is 11.0. The highest BCUT2D eigenvalue weighted by atomic mass is 16.3. The third-order valence-corrected chi connectivity index (χ3v) is 2.71. The minimum absolute atomic E-state index is 0.0909. The first kappa shape index (κ1) is 11.1. The Morgan fingerprint density at radius 3 is 2.79 bits per heavy atom. The molecule has 0 aliphatic carbocycles. The highest BCUT2D eigenvalue weighted by Gasteiger charge is 2.16. The average Bonchev–Trinajstić information content (AvgIpc) is 2.80. The van der Waals surface area contributed by atoms with Crippen molar-refractivity contribution in [1.82, 2.24) is 14.4 Å². The second-order valence-electron chi connectivity index (χ2n) is 3.87. The molecule has 7 heteroatoms. The zero-order valence-electron chi connectivity index (χ0n) is 9.56. The van der Waals surface area contributed by atoms with Gasteiger partial charge in [-0.25, -0.2) is 9.97 Å². The quantitative estimate of drug-likeness (QED) is 0.540. The van der Waals surface area contributed by atoms with E-state index in [1.807, 2.05) is 0 Å². The molecule has 0 aliphatic heterocycles. The molecule has 1 aromatic carbocycles. The molecule has 0 atom stereocenters. The summed E-state index contributed by atoms with van der Waals surface area (Å²) < 4.78 is 1.45. The van der Waals surface area contributed by atoms with Crippen LogP contribution in [0.1, 0.15) is 0 Å². The van der Waals surface area contributed by atoms with Crippen molar-refractivity contribution < 1.29 is 10.2 Å². The van der Waals surface area contributed by atoms with Crippen LogP contribution >= 0.6 is 0 Å². The van der Waals surface area contributed by atoms with Crippen LogP contribution < -0.4 is 0 Å². The molecule has 0 unspecified atom stereocenters. The van der Waals surface area contributed by atoms with Crippen LogP contribution in [-0.2, 0) is 0 Å². The number of nitroso groups, excluding NO2 is 1. The summed E-state index contributed by atoms with van der Waals surface area (Å²) in [5, 5.41) is 21.7. The highest BCUT2D eigenvalue weighted by molar-refractivity contribution is 5.75. The molecule has 0 spiro atoms. The number of nitrogens with zero attached hydrogens (tertiary/aromatic N) is 4. The Morgan fingerprint density at radius 1 is 1.21 bits per heavy atom. The SMILES string of the molecule is O=Nc1c(-c2ccc(O)c(O)c2)nc2ncccn12. The number of benzene rings is 1. The van der Waals surface area contributed by atoms with E-state index in [4.69, 9.17) is 0 Å². The van der Waals surface area contributed by atoms with Crippen LogP contribution in [0, 0.1) is 4.91 Å². The third-order valence-electron chi connectivity index (χ3n) is 2.71. The minimum Gasteiger partial charge on any atom is -0.504 e. The van der Waals surface area contributed by atoms with Gasteiger partial charge in [0.25, 0.3) is 0 Å². The lowest BCUT2D eigenvalue weighted by Gasteiger charge is -2.00. The van der Waals surface area contributed by atoms with Crippen molar-refractivity contribution in [3.8, 4) is 22.8 Å². The van der Waals surface area contributed by atoms with Crippen LogP contribution in [0.5, 0.6) is 11.5 Å². The molecule has 3 aromatic rings. The van der Waals surface area contributed by atoms with Gasteiger partial charge in [0.2, 0.25) is 11.6 Å². The fourth-order valence-corrected chi connectivity index (χ4v) is 1.83. The second-order valence-corrected chi connectivity index (χ2v) is 3.87. The van der Waals surface area contributed by atoms with Gasteiger partial charge in [0.1, 0.15) is 5.69 Å². The molecule has 0 fully saturated rings. The summed E-state index contributed by atoms with van der Waals surface area (Å²) in [5.74, 6) is -0.113. The highest BCUT2D eigenvalue weighted by Crippen LogP contribution is 2.34. The molecule has 2 N–H and O–H groups in total. The maximum absolute atomic E-state index is 11.0. The third kappa shape index (κ3) is 1.68. The lowest BCUT2D eigenvalue weighted by molar-refractivity contribution is 0.404. The van der Waals surface area contributed by atoms with Crippen molar-refractivity contribution in [2.45, 2.75) is 0 Å².